The van der Waals surface area contributed by atoms with Crippen LogP contribution in [0.2, 0.25) is 5.02 Å². The topological polar surface area (TPSA) is 51.2 Å². The van der Waals surface area contributed by atoms with Crippen molar-refractivity contribution in [3.8, 4) is 5.75 Å². The fraction of sp³-hybridized carbons (Fsp3) is 0.200. The summed E-state index contributed by atoms with van der Waals surface area (Å²) in [5.41, 5.74) is 1.50. The average Bonchev–Trinajstić information content (AvgIpc) is 2.48. The molecule has 20 heavy (non-hydrogen) atoms. The number of hydrogen-bond donors (Lipinski definition) is 1. The normalized spacial score (nSPS) is 10.1. The van der Waals surface area contributed by atoms with Crippen molar-refractivity contribution in [3.63, 3.8) is 0 Å². The highest BCUT2D eigenvalue weighted by molar-refractivity contribution is 6.32. The Bertz CT molecular complexity index is 588. The maximum Gasteiger partial charge on any atom is 0.251 e. The molecule has 0 aliphatic rings. The van der Waals surface area contributed by atoms with E-state index in [9.17, 15) is 4.79 Å². The number of carbonyl (C=O) groups is 1. The Labute approximate surface area is 122 Å². The summed E-state index contributed by atoms with van der Waals surface area (Å²) in [6, 6.07) is 8.71. The van der Waals surface area contributed by atoms with Gasteiger partial charge in [0.15, 0.2) is 0 Å². The van der Waals surface area contributed by atoms with Gasteiger partial charge in [0.1, 0.15) is 5.75 Å². The first kappa shape index (κ1) is 14.3. The summed E-state index contributed by atoms with van der Waals surface area (Å²) in [5, 5.41) is 3.26. The van der Waals surface area contributed by atoms with Gasteiger partial charge >= 0.3 is 0 Å². The van der Waals surface area contributed by atoms with Crippen molar-refractivity contribution in [1.29, 1.82) is 0 Å². The Morgan fingerprint density at radius 3 is 2.70 bits per heavy atom. The van der Waals surface area contributed by atoms with E-state index in [-0.39, 0.29) is 5.91 Å². The second-order valence-corrected chi connectivity index (χ2v) is 4.52. The number of halogens is 1. The first-order chi connectivity index (χ1) is 9.70. The van der Waals surface area contributed by atoms with E-state index in [0.29, 0.717) is 29.5 Å². The predicted octanol–water partition coefficient (Wildman–Crippen LogP) is 3.06. The molecule has 1 N–H and O–H groups in total. The van der Waals surface area contributed by atoms with E-state index in [0.717, 1.165) is 5.56 Å². The van der Waals surface area contributed by atoms with Gasteiger partial charge < -0.3 is 10.1 Å². The van der Waals surface area contributed by atoms with Crippen LogP contribution >= 0.6 is 11.6 Å². The zero-order valence-corrected chi connectivity index (χ0v) is 11.9. The maximum absolute atomic E-state index is 12.0. The Morgan fingerprint density at radius 2 is 2.05 bits per heavy atom. The average molecular weight is 291 g/mol. The number of pyridine rings is 1. The molecule has 1 aromatic heterocycles. The molecule has 0 bridgehead atoms. The van der Waals surface area contributed by atoms with Crippen LogP contribution < -0.4 is 10.1 Å². The lowest BCUT2D eigenvalue weighted by Crippen LogP contribution is -2.22. The maximum atomic E-state index is 12.0. The quantitative estimate of drug-likeness (QED) is 0.921. The van der Waals surface area contributed by atoms with Gasteiger partial charge in [-0.05, 0) is 42.8 Å². The lowest BCUT2D eigenvalue weighted by atomic mass is 10.2. The molecule has 0 atom stereocenters. The fourth-order valence-electron chi connectivity index (χ4n) is 1.70. The van der Waals surface area contributed by atoms with Gasteiger partial charge in [0.2, 0.25) is 0 Å². The van der Waals surface area contributed by atoms with E-state index in [2.05, 4.69) is 10.3 Å². The van der Waals surface area contributed by atoms with Crippen molar-refractivity contribution in [1.82, 2.24) is 10.3 Å². The second kappa shape index (κ2) is 6.91. The third-order valence-corrected chi connectivity index (χ3v) is 2.99. The van der Waals surface area contributed by atoms with Crippen molar-refractivity contribution in [2.24, 2.45) is 0 Å². The van der Waals surface area contributed by atoms with Crippen LogP contribution in [0.3, 0.4) is 0 Å². The van der Waals surface area contributed by atoms with Gasteiger partial charge in [-0.2, -0.15) is 0 Å². The van der Waals surface area contributed by atoms with Gasteiger partial charge in [0, 0.05) is 24.5 Å². The summed E-state index contributed by atoms with van der Waals surface area (Å²) in [6.07, 6.45) is 3.38. The van der Waals surface area contributed by atoms with Gasteiger partial charge in [0.25, 0.3) is 5.91 Å². The summed E-state index contributed by atoms with van der Waals surface area (Å²) in [6.45, 7) is 2.87. The molecule has 2 rings (SSSR count). The number of benzene rings is 1. The molecule has 1 amide bonds. The zero-order valence-electron chi connectivity index (χ0n) is 11.1. The van der Waals surface area contributed by atoms with Gasteiger partial charge in [0.05, 0.1) is 11.6 Å². The molecule has 1 heterocycles. The van der Waals surface area contributed by atoms with E-state index in [4.69, 9.17) is 16.3 Å². The Kier molecular flexibility index (Phi) is 4.96. The third-order valence-electron chi connectivity index (χ3n) is 2.70. The predicted molar refractivity (Wildman–Crippen MR) is 78.0 cm³/mol. The highest BCUT2D eigenvalue weighted by Gasteiger charge is 2.09. The molecule has 0 fully saturated rings. The summed E-state index contributed by atoms with van der Waals surface area (Å²) in [5.74, 6) is 0.409. The standard InChI is InChI=1S/C15H15ClN2O2/c1-2-20-14-4-3-12(9-13(14)16)15(19)18-10-11-5-7-17-8-6-11/h3-9H,2,10H2,1H3,(H,18,19). The molecule has 0 unspecified atom stereocenters. The van der Waals surface area contributed by atoms with Gasteiger partial charge in [-0.25, -0.2) is 0 Å². The molecule has 104 valence electrons. The van der Waals surface area contributed by atoms with Crippen molar-refractivity contribution in [2.75, 3.05) is 6.61 Å². The second-order valence-electron chi connectivity index (χ2n) is 4.12. The van der Waals surface area contributed by atoms with Crippen molar-refractivity contribution in [3.05, 3.63) is 58.9 Å². The molecule has 4 nitrogen and oxygen atoms in total. The number of carbonyl (C=O) groups excluding carboxylic acids is 1. The van der Waals surface area contributed by atoms with Crippen LogP contribution in [0, 0.1) is 0 Å². The Hall–Kier alpha value is -2.07. The molecular weight excluding hydrogens is 276 g/mol. The zero-order chi connectivity index (χ0) is 14.4. The summed E-state index contributed by atoms with van der Waals surface area (Å²) >= 11 is 6.06. The number of amides is 1. The van der Waals surface area contributed by atoms with Crippen LogP contribution in [0.4, 0.5) is 0 Å². The molecule has 2 aromatic rings. The van der Waals surface area contributed by atoms with Crippen LogP contribution in [0.1, 0.15) is 22.8 Å². The highest BCUT2D eigenvalue weighted by atomic mass is 35.5. The van der Waals surface area contributed by atoms with Crippen molar-refractivity contribution in [2.45, 2.75) is 13.5 Å². The van der Waals surface area contributed by atoms with Gasteiger partial charge in [-0.15, -0.1) is 0 Å². The van der Waals surface area contributed by atoms with Crippen LogP contribution in [0.25, 0.3) is 0 Å². The lowest BCUT2D eigenvalue weighted by Gasteiger charge is -2.08. The van der Waals surface area contributed by atoms with Crippen molar-refractivity contribution < 1.29 is 9.53 Å². The van der Waals surface area contributed by atoms with E-state index in [1.807, 2.05) is 19.1 Å². The lowest BCUT2D eigenvalue weighted by molar-refractivity contribution is 0.0951. The molecule has 0 saturated heterocycles. The number of rotatable bonds is 5. The van der Waals surface area contributed by atoms with Crippen LogP contribution in [-0.4, -0.2) is 17.5 Å². The molecule has 5 heteroatoms. The number of aromatic nitrogens is 1. The minimum atomic E-state index is -0.174. The molecule has 0 radical (unpaired) electrons. The molecular formula is C15H15ClN2O2. The minimum Gasteiger partial charge on any atom is -0.492 e. The third kappa shape index (κ3) is 3.71. The fourth-order valence-corrected chi connectivity index (χ4v) is 1.93. The van der Waals surface area contributed by atoms with Crippen LogP contribution in [0.15, 0.2) is 42.7 Å². The minimum absolute atomic E-state index is 0.174. The van der Waals surface area contributed by atoms with E-state index in [1.165, 1.54) is 0 Å². The smallest absolute Gasteiger partial charge is 0.251 e. The molecule has 0 aliphatic heterocycles. The molecule has 0 aliphatic carbocycles. The van der Waals surface area contributed by atoms with E-state index in [1.54, 1.807) is 30.6 Å². The number of ether oxygens (including phenoxy) is 1. The van der Waals surface area contributed by atoms with Crippen LogP contribution in [-0.2, 0) is 6.54 Å². The number of nitrogens with zero attached hydrogens (tertiary/aromatic N) is 1. The first-order valence-corrected chi connectivity index (χ1v) is 6.68. The van der Waals surface area contributed by atoms with Gasteiger partial charge in [-0.3, -0.25) is 9.78 Å². The SMILES string of the molecule is CCOc1ccc(C(=O)NCc2ccncc2)cc1Cl. The highest BCUT2D eigenvalue weighted by Crippen LogP contribution is 2.25. The van der Waals surface area contributed by atoms with E-state index < -0.39 is 0 Å². The Balaban J connectivity index is 2.00. The van der Waals surface area contributed by atoms with Crippen molar-refractivity contribution >= 4 is 17.5 Å². The Morgan fingerprint density at radius 1 is 1.30 bits per heavy atom. The molecule has 0 saturated carbocycles. The summed E-state index contributed by atoms with van der Waals surface area (Å²) in [7, 11) is 0. The van der Waals surface area contributed by atoms with E-state index >= 15 is 0 Å². The van der Waals surface area contributed by atoms with Gasteiger partial charge in [-0.1, -0.05) is 11.6 Å². The number of hydrogen-bond acceptors (Lipinski definition) is 3. The largest absolute Gasteiger partial charge is 0.492 e. The molecule has 1 aromatic carbocycles. The monoisotopic (exact) mass is 290 g/mol. The van der Waals surface area contributed by atoms with Crippen LogP contribution in [0.5, 0.6) is 5.75 Å². The summed E-state index contributed by atoms with van der Waals surface area (Å²) < 4.78 is 5.33. The summed E-state index contributed by atoms with van der Waals surface area (Å²) in [4.78, 5) is 15.9. The molecule has 0 spiro atoms. The first-order valence-electron chi connectivity index (χ1n) is 6.30. The number of nitrogens with one attached hydrogen (secondary N) is 1.